The Balaban J connectivity index is 1.37. The first-order chi connectivity index (χ1) is 22.9. The molecule has 10 nitrogen and oxygen atoms in total. The molecule has 2 aliphatic carbocycles. The molecule has 12 heteroatoms. The van der Waals surface area contributed by atoms with Crippen LogP contribution in [0.15, 0.2) is 54.1 Å². The van der Waals surface area contributed by atoms with Gasteiger partial charge in [-0.1, -0.05) is 47.9 Å². The number of carbonyl (C=O) groups is 5. The number of unbranched alkanes of at least 4 members (excludes halogenated alkanes) is 2. The first kappa shape index (κ1) is 33.4. The number of nitrogens with zero attached hydrogens (tertiary/aromatic N) is 2. The molecule has 252 valence electrons. The Morgan fingerprint density at radius 2 is 1.83 bits per heavy atom. The average molecular weight is 679 g/mol. The zero-order chi connectivity index (χ0) is 34.5. The van der Waals surface area contributed by atoms with Gasteiger partial charge in [-0.25, -0.2) is 9.29 Å². The molecule has 2 N–H and O–H groups in total. The van der Waals surface area contributed by atoms with E-state index in [0.29, 0.717) is 31.2 Å². The van der Waals surface area contributed by atoms with Crippen molar-refractivity contribution in [2.24, 2.45) is 35.0 Å². The van der Waals surface area contributed by atoms with Crippen LogP contribution in [0.4, 0.5) is 10.1 Å². The van der Waals surface area contributed by atoms with Gasteiger partial charge in [-0.2, -0.15) is 0 Å². The Morgan fingerprint density at radius 3 is 2.54 bits per heavy atom. The number of halogens is 2. The SMILES string of the molecule is COc1cc(C=CC2C3=CCC4C(=O)N(CCCCCC(=O)O)C(=O)C4C3CC3C(=O)N(c4ccc(F)c(Cl)c4)C(=O)C23C)ccc1O. The number of phenolic OH excluding ortho intramolecular Hbond substituents is 1. The molecule has 0 aromatic heterocycles. The number of aliphatic carboxylic acids is 1. The standard InChI is InChI=1S/C36H36ClFN2O8/c1-36-24(12-7-19-8-14-28(41)29(16-19)48-2)21-10-11-22-31(34(46)39(32(22)44)15-5-3-4-6-30(42)43)23(21)18-25(36)33(45)40(35(36)47)20-9-13-27(38)26(37)17-20/h7-10,12-14,16-17,22-25,31,41H,3-6,11,15,18H2,1-2H3,(H,42,43). The number of phenols is 1. The molecule has 0 radical (unpaired) electrons. The number of hydrogen-bond donors (Lipinski definition) is 2. The maximum Gasteiger partial charge on any atom is 0.303 e. The number of rotatable bonds is 10. The molecule has 0 bridgehead atoms. The predicted molar refractivity (Wildman–Crippen MR) is 173 cm³/mol. The Hall–Kier alpha value is -4.51. The lowest BCUT2D eigenvalue weighted by Gasteiger charge is -2.47. The molecule has 4 amide bonds. The molecule has 0 spiro atoms. The highest BCUT2D eigenvalue weighted by atomic mass is 35.5. The van der Waals surface area contributed by atoms with Crippen molar-refractivity contribution in [2.45, 2.75) is 45.4 Å². The molecule has 6 atom stereocenters. The Kier molecular flexibility index (Phi) is 8.93. The molecular weight excluding hydrogens is 643 g/mol. The monoisotopic (exact) mass is 678 g/mol. The molecule has 2 aromatic carbocycles. The fourth-order valence-electron chi connectivity index (χ4n) is 8.10. The van der Waals surface area contributed by atoms with E-state index in [-0.39, 0.29) is 53.4 Å². The van der Waals surface area contributed by atoms with E-state index >= 15 is 0 Å². The zero-order valence-electron chi connectivity index (χ0n) is 26.5. The summed E-state index contributed by atoms with van der Waals surface area (Å²) in [6.45, 7) is 1.93. The number of carboxylic acid groups (broad SMARTS) is 1. The molecule has 6 unspecified atom stereocenters. The van der Waals surface area contributed by atoms with Gasteiger partial charge in [0.25, 0.3) is 0 Å². The number of carboxylic acids is 1. The second kappa shape index (κ2) is 12.8. The minimum absolute atomic E-state index is 0.0162. The number of hydrogen-bond acceptors (Lipinski definition) is 7. The van der Waals surface area contributed by atoms with Crippen molar-refractivity contribution in [3.63, 3.8) is 0 Å². The summed E-state index contributed by atoms with van der Waals surface area (Å²) in [6, 6.07) is 8.49. The van der Waals surface area contributed by atoms with Gasteiger partial charge >= 0.3 is 5.97 Å². The number of benzene rings is 2. The summed E-state index contributed by atoms with van der Waals surface area (Å²) in [5.74, 6) is -6.21. The smallest absolute Gasteiger partial charge is 0.303 e. The van der Waals surface area contributed by atoms with Crippen LogP contribution in [0, 0.1) is 40.8 Å². The largest absolute Gasteiger partial charge is 0.504 e. The number of allylic oxidation sites excluding steroid dienone is 3. The molecular formula is C36H36ClFN2O8. The summed E-state index contributed by atoms with van der Waals surface area (Å²) >= 11 is 6.06. The first-order valence-electron chi connectivity index (χ1n) is 16.0. The lowest BCUT2D eigenvalue weighted by atomic mass is 9.52. The molecule has 2 aliphatic heterocycles. The number of carbonyl (C=O) groups excluding carboxylic acids is 4. The quantitative estimate of drug-likeness (QED) is 0.188. The summed E-state index contributed by atoms with van der Waals surface area (Å²) in [6.07, 6.45) is 7.53. The number of ether oxygens (including phenoxy) is 1. The van der Waals surface area contributed by atoms with E-state index in [1.807, 2.05) is 12.2 Å². The summed E-state index contributed by atoms with van der Waals surface area (Å²) < 4.78 is 19.3. The summed E-state index contributed by atoms with van der Waals surface area (Å²) in [5, 5.41) is 18.8. The Bertz CT molecular complexity index is 1770. The number of amides is 4. The third kappa shape index (κ3) is 5.47. The van der Waals surface area contributed by atoms with Gasteiger partial charge in [0.05, 0.1) is 41.0 Å². The van der Waals surface area contributed by atoms with E-state index in [0.717, 1.165) is 16.5 Å². The van der Waals surface area contributed by atoms with Gasteiger partial charge in [0.2, 0.25) is 23.6 Å². The van der Waals surface area contributed by atoms with Crippen molar-refractivity contribution in [2.75, 3.05) is 18.6 Å². The van der Waals surface area contributed by atoms with Gasteiger partial charge in [0.15, 0.2) is 11.5 Å². The van der Waals surface area contributed by atoms with Gasteiger partial charge in [0, 0.05) is 18.9 Å². The number of methoxy groups -OCH3 is 1. The lowest BCUT2D eigenvalue weighted by Crippen LogP contribution is -2.49. The topological polar surface area (TPSA) is 142 Å². The van der Waals surface area contributed by atoms with E-state index in [1.54, 1.807) is 25.1 Å². The maximum atomic E-state index is 14.4. The first-order valence-corrected chi connectivity index (χ1v) is 16.4. The van der Waals surface area contributed by atoms with Crippen molar-refractivity contribution < 1.29 is 43.3 Å². The second-order valence-corrected chi connectivity index (χ2v) is 13.5. The Morgan fingerprint density at radius 1 is 1.06 bits per heavy atom. The molecule has 6 rings (SSSR count). The van der Waals surface area contributed by atoms with E-state index in [1.165, 1.54) is 30.2 Å². The van der Waals surface area contributed by atoms with Crippen LogP contribution in [-0.4, -0.2) is 58.4 Å². The van der Waals surface area contributed by atoms with Gasteiger partial charge < -0.3 is 14.9 Å². The molecule has 2 aromatic rings. The highest BCUT2D eigenvalue weighted by molar-refractivity contribution is 6.31. The molecule has 48 heavy (non-hydrogen) atoms. The van der Waals surface area contributed by atoms with Gasteiger partial charge in [-0.15, -0.1) is 0 Å². The summed E-state index contributed by atoms with van der Waals surface area (Å²) in [4.78, 5) is 69.3. The third-order valence-corrected chi connectivity index (χ3v) is 10.8. The van der Waals surface area contributed by atoms with Crippen LogP contribution < -0.4 is 9.64 Å². The van der Waals surface area contributed by atoms with Crippen LogP contribution in [0.3, 0.4) is 0 Å². The second-order valence-electron chi connectivity index (χ2n) is 13.1. The number of imide groups is 2. The van der Waals surface area contributed by atoms with Crippen molar-refractivity contribution >= 4 is 53.0 Å². The van der Waals surface area contributed by atoms with Crippen molar-refractivity contribution in [3.05, 3.63) is 70.5 Å². The van der Waals surface area contributed by atoms with Gasteiger partial charge in [-0.3, -0.25) is 28.9 Å². The molecule has 3 fully saturated rings. The van der Waals surface area contributed by atoms with E-state index in [4.69, 9.17) is 21.4 Å². The van der Waals surface area contributed by atoms with Crippen LogP contribution in [0.2, 0.25) is 5.02 Å². The highest BCUT2D eigenvalue weighted by Gasteiger charge is 2.66. The van der Waals surface area contributed by atoms with Gasteiger partial charge in [-0.05, 0) is 74.4 Å². The fraction of sp³-hybridized carbons (Fsp3) is 0.417. The third-order valence-electron chi connectivity index (χ3n) is 10.6. The summed E-state index contributed by atoms with van der Waals surface area (Å²) in [5.41, 5.74) is 0.345. The van der Waals surface area contributed by atoms with Crippen LogP contribution in [0.5, 0.6) is 11.5 Å². The minimum atomic E-state index is -1.28. The normalized spacial score (nSPS) is 28.1. The zero-order valence-corrected chi connectivity index (χ0v) is 27.3. The van der Waals surface area contributed by atoms with E-state index < -0.39 is 58.6 Å². The number of likely N-dealkylation sites (tertiary alicyclic amines) is 1. The highest BCUT2D eigenvalue weighted by Crippen LogP contribution is 2.61. The molecule has 4 aliphatic rings. The van der Waals surface area contributed by atoms with Crippen LogP contribution in [0.25, 0.3) is 6.08 Å². The van der Waals surface area contributed by atoms with Crippen molar-refractivity contribution in [1.29, 1.82) is 0 Å². The number of fused-ring (bicyclic) bond motifs is 4. The predicted octanol–water partition coefficient (Wildman–Crippen LogP) is 5.61. The minimum Gasteiger partial charge on any atom is -0.504 e. The average Bonchev–Trinajstić information content (AvgIpc) is 3.41. The van der Waals surface area contributed by atoms with Crippen LogP contribution in [-0.2, 0) is 24.0 Å². The maximum absolute atomic E-state index is 14.4. The number of anilines is 1. The summed E-state index contributed by atoms with van der Waals surface area (Å²) in [7, 11) is 1.43. The fourth-order valence-corrected chi connectivity index (χ4v) is 8.28. The Labute approximate surface area is 281 Å². The van der Waals surface area contributed by atoms with Crippen LogP contribution >= 0.6 is 11.6 Å². The van der Waals surface area contributed by atoms with Crippen LogP contribution in [0.1, 0.15) is 51.0 Å². The van der Waals surface area contributed by atoms with E-state index in [2.05, 4.69) is 0 Å². The lowest BCUT2D eigenvalue weighted by molar-refractivity contribution is -0.141. The molecule has 1 saturated carbocycles. The van der Waals surface area contributed by atoms with Gasteiger partial charge in [0.1, 0.15) is 5.82 Å². The van der Waals surface area contributed by atoms with E-state index in [9.17, 15) is 33.5 Å². The molecule has 2 saturated heterocycles. The number of aromatic hydroxyl groups is 1. The van der Waals surface area contributed by atoms with Crippen molar-refractivity contribution in [1.82, 2.24) is 4.90 Å². The molecule has 2 heterocycles. The van der Waals surface area contributed by atoms with Crippen molar-refractivity contribution in [3.8, 4) is 11.5 Å².